The normalized spacial score (nSPS) is 19.6. The smallest absolute Gasteiger partial charge is 0.322 e. The molecule has 0 aliphatic carbocycles. The van der Waals surface area contributed by atoms with Crippen molar-refractivity contribution in [1.82, 2.24) is 25.4 Å². The summed E-state index contributed by atoms with van der Waals surface area (Å²) in [6.07, 6.45) is 4.18. The number of fused-ring (bicyclic) bond motifs is 1. The molecule has 2 N–H and O–H groups in total. The summed E-state index contributed by atoms with van der Waals surface area (Å²) in [7, 11) is 2.13. The molecule has 1 unspecified atom stereocenters. The summed E-state index contributed by atoms with van der Waals surface area (Å²) >= 11 is 0. The lowest BCUT2D eigenvalue weighted by Crippen LogP contribution is -2.51. The number of ether oxygens (including phenoxy) is 1. The minimum absolute atomic E-state index is 0.159. The van der Waals surface area contributed by atoms with Crippen molar-refractivity contribution >= 4 is 12.0 Å². The fourth-order valence-electron chi connectivity index (χ4n) is 4.48. The van der Waals surface area contributed by atoms with E-state index in [1.807, 2.05) is 54.6 Å². The number of hydrogen-bond acceptors (Lipinski definition) is 6. The second kappa shape index (κ2) is 8.55. The summed E-state index contributed by atoms with van der Waals surface area (Å²) in [4.78, 5) is 19.6. The first kappa shape index (κ1) is 20.4. The molecule has 164 valence electrons. The van der Waals surface area contributed by atoms with Gasteiger partial charge >= 0.3 is 6.03 Å². The molecule has 1 spiro atoms. The number of urea groups is 1. The minimum Gasteiger partial charge on any atom is -0.487 e. The van der Waals surface area contributed by atoms with E-state index in [9.17, 15) is 4.79 Å². The number of carbonyl (C=O) groups excluding carboxylic acids is 1. The highest BCUT2D eigenvalue weighted by molar-refractivity contribution is 5.88. The number of likely N-dealkylation sites (tertiary alicyclic amines) is 1. The number of hydrogen-bond donors (Lipinski definition) is 2. The van der Waals surface area contributed by atoms with Gasteiger partial charge in [-0.1, -0.05) is 48.5 Å². The molecule has 2 amide bonds. The minimum atomic E-state index is -0.359. The Morgan fingerprint density at radius 1 is 1.09 bits per heavy atom. The molecular weight excluding hydrogens is 404 g/mol. The highest BCUT2D eigenvalue weighted by atomic mass is 16.5. The third kappa shape index (κ3) is 4.27. The van der Waals surface area contributed by atoms with Crippen LogP contribution >= 0.6 is 0 Å². The van der Waals surface area contributed by atoms with Crippen LogP contribution in [0.1, 0.15) is 30.9 Å². The fourth-order valence-corrected chi connectivity index (χ4v) is 4.48. The summed E-state index contributed by atoms with van der Waals surface area (Å²) in [6, 6.07) is 17.1. The second-order valence-electron chi connectivity index (χ2n) is 8.51. The van der Waals surface area contributed by atoms with Crippen molar-refractivity contribution in [2.45, 2.75) is 30.9 Å². The Morgan fingerprint density at radius 3 is 2.66 bits per heavy atom. The van der Waals surface area contributed by atoms with Crippen molar-refractivity contribution in [3.05, 3.63) is 66.4 Å². The largest absolute Gasteiger partial charge is 0.487 e. The van der Waals surface area contributed by atoms with Gasteiger partial charge in [-0.15, -0.1) is 5.10 Å². The Kier molecular flexibility index (Phi) is 5.45. The standard InChI is InChI=1S/C24H26N6O2/c1-30-13-11-24(12-14-30)15-19(18-9-5-6-10-21(18)32-24)27-23(31)28-22-26-20(16-25-29-22)17-7-3-2-4-8-17/h2-10,16,19H,11-15H2,1H3,(H2,26,27,28,29,31). The van der Waals surface area contributed by atoms with Crippen molar-refractivity contribution in [1.29, 1.82) is 0 Å². The Labute approximate surface area is 187 Å². The number of amides is 2. The van der Waals surface area contributed by atoms with E-state index in [1.165, 1.54) is 0 Å². The molecule has 1 fully saturated rings. The molecule has 1 atom stereocenters. The number of benzene rings is 2. The van der Waals surface area contributed by atoms with Crippen molar-refractivity contribution in [2.24, 2.45) is 0 Å². The first-order valence-corrected chi connectivity index (χ1v) is 10.9. The molecule has 1 aromatic heterocycles. The van der Waals surface area contributed by atoms with Crippen LogP contribution in [0.2, 0.25) is 0 Å². The molecule has 2 aliphatic rings. The van der Waals surface area contributed by atoms with Crippen LogP contribution in [0.25, 0.3) is 11.3 Å². The predicted octanol–water partition coefficient (Wildman–Crippen LogP) is 3.65. The Balaban J connectivity index is 1.32. The Bertz CT molecular complexity index is 1100. The van der Waals surface area contributed by atoms with Crippen molar-refractivity contribution < 1.29 is 9.53 Å². The zero-order valence-electron chi connectivity index (χ0n) is 18.0. The lowest BCUT2D eigenvalue weighted by Gasteiger charge is -2.46. The van der Waals surface area contributed by atoms with Crippen LogP contribution in [0.5, 0.6) is 5.75 Å². The molecule has 1 saturated heterocycles. The van der Waals surface area contributed by atoms with Gasteiger partial charge in [0.05, 0.1) is 17.9 Å². The average Bonchev–Trinajstić information content (AvgIpc) is 2.82. The van der Waals surface area contributed by atoms with Crippen molar-refractivity contribution in [3.8, 4) is 17.0 Å². The zero-order chi connectivity index (χ0) is 22.0. The van der Waals surface area contributed by atoms with Gasteiger partial charge in [-0.05, 0) is 26.0 Å². The van der Waals surface area contributed by atoms with E-state index in [4.69, 9.17) is 4.74 Å². The van der Waals surface area contributed by atoms with Gasteiger partial charge in [0.2, 0.25) is 0 Å². The van der Waals surface area contributed by atoms with Crippen molar-refractivity contribution in [2.75, 3.05) is 25.5 Å². The highest BCUT2D eigenvalue weighted by Gasteiger charge is 2.43. The summed E-state index contributed by atoms with van der Waals surface area (Å²) < 4.78 is 6.47. The highest BCUT2D eigenvalue weighted by Crippen LogP contribution is 2.44. The number of anilines is 1. The molecule has 3 aromatic rings. The quantitative estimate of drug-likeness (QED) is 0.659. The fraction of sp³-hybridized carbons (Fsp3) is 0.333. The maximum Gasteiger partial charge on any atom is 0.322 e. The third-order valence-electron chi connectivity index (χ3n) is 6.25. The Morgan fingerprint density at radius 2 is 1.84 bits per heavy atom. The first-order chi connectivity index (χ1) is 15.6. The summed E-state index contributed by atoms with van der Waals surface area (Å²) in [6.45, 7) is 1.96. The maximum absolute atomic E-state index is 12.9. The third-order valence-corrected chi connectivity index (χ3v) is 6.25. The van der Waals surface area contributed by atoms with E-state index in [2.05, 4.69) is 37.8 Å². The number of nitrogens with one attached hydrogen (secondary N) is 2. The van der Waals surface area contributed by atoms with E-state index >= 15 is 0 Å². The van der Waals surface area contributed by atoms with Crippen molar-refractivity contribution in [3.63, 3.8) is 0 Å². The van der Waals surface area contributed by atoms with Gasteiger partial charge in [-0.25, -0.2) is 9.78 Å². The van der Waals surface area contributed by atoms with Crippen LogP contribution in [0.4, 0.5) is 10.7 Å². The molecule has 0 saturated carbocycles. The van der Waals surface area contributed by atoms with E-state index in [1.54, 1.807) is 6.20 Å². The van der Waals surface area contributed by atoms with Gasteiger partial charge in [0.1, 0.15) is 11.4 Å². The van der Waals surface area contributed by atoms with Gasteiger partial charge in [-0.3, -0.25) is 5.32 Å². The van der Waals surface area contributed by atoms with Crippen LogP contribution in [-0.2, 0) is 0 Å². The topological polar surface area (TPSA) is 92.3 Å². The molecule has 32 heavy (non-hydrogen) atoms. The molecule has 2 aromatic carbocycles. The molecule has 8 nitrogen and oxygen atoms in total. The summed E-state index contributed by atoms with van der Waals surface area (Å²) in [5, 5.41) is 13.8. The van der Waals surface area contributed by atoms with Crippen LogP contribution in [0.15, 0.2) is 60.8 Å². The SMILES string of the molecule is CN1CCC2(CC1)CC(NC(=O)Nc1nncc(-c3ccccc3)n1)c1ccccc1O2. The van der Waals surface area contributed by atoms with Gasteiger partial charge in [0.15, 0.2) is 0 Å². The van der Waals surface area contributed by atoms with E-state index < -0.39 is 0 Å². The molecule has 3 heterocycles. The average molecular weight is 431 g/mol. The summed E-state index contributed by atoms with van der Waals surface area (Å²) in [5.74, 6) is 1.01. The number of carbonyl (C=O) groups is 1. The van der Waals surface area contributed by atoms with E-state index in [-0.39, 0.29) is 23.6 Å². The molecule has 2 aliphatic heterocycles. The van der Waals surface area contributed by atoms with Gasteiger partial charge < -0.3 is 15.0 Å². The van der Waals surface area contributed by atoms with Gasteiger partial charge in [0.25, 0.3) is 5.95 Å². The molecular formula is C24H26N6O2. The van der Waals surface area contributed by atoms with Crippen LogP contribution in [0, 0.1) is 0 Å². The summed E-state index contributed by atoms with van der Waals surface area (Å²) in [5.41, 5.74) is 2.29. The van der Waals surface area contributed by atoms with Gasteiger partial charge in [0, 0.05) is 30.6 Å². The zero-order valence-corrected chi connectivity index (χ0v) is 18.0. The number of para-hydroxylation sites is 1. The molecule has 0 radical (unpaired) electrons. The van der Waals surface area contributed by atoms with Gasteiger partial charge in [-0.2, -0.15) is 5.10 Å². The first-order valence-electron chi connectivity index (χ1n) is 10.9. The van der Waals surface area contributed by atoms with E-state index in [0.717, 1.165) is 49.2 Å². The van der Waals surface area contributed by atoms with Crippen LogP contribution in [0.3, 0.4) is 0 Å². The lowest BCUT2D eigenvalue weighted by molar-refractivity contribution is -0.0188. The lowest BCUT2D eigenvalue weighted by atomic mass is 9.80. The predicted molar refractivity (Wildman–Crippen MR) is 121 cm³/mol. The van der Waals surface area contributed by atoms with E-state index in [0.29, 0.717) is 5.69 Å². The maximum atomic E-state index is 12.9. The Hall–Kier alpha value is -3.52. The second-order valence-corrected chi connectivity index (χ2v) is 8.51. The molecule has 5 rings (SSSR count). The van der Waals surface area contributed by atoms with Crippen LogP contribution < -0.4 is 15.4 Å². The molecule has 8 heteroatoms. The number of piperidine rings is 1. The number of rotatable bonds is 3. The number of nitrogens with zero attached hydrogens (tertiary/aromatic N) is 4. The van der Waals surface area contributed by atoms with Crippen LogP contribution in [-0.4, -0.2) is 51.9 Å². The molecule has 0 bridgehead atoms. The number of aromatic nitrogens is 3. The monoisotopic (exact) mass is 430 g/mol.